The number of pyridine rings is 1. The molecule has 6 heteroatoms. The van der Waals surface area contributed by atoms with Crippen molar-refractivity contribution in [1.29, 1.82) is 0 Å². The molecule has 0 spiro atoms. The Morgan fingerprint density at radius 1 is 1.12 bits per heavy atom. The molecule has 2 aromatic heterocycles. The van der Waals surface area contributed by atoms with Crippen molar-refractivity contribution in [3.63, 3.8) is 0 Å². The van der Waals surface area contributed by atoms with E-state index in [0.29, 0.717) is 28.0 Å². The van der Waals surface area contributed by atoms with Crippen LogP contribution in [0.15, 0.2) is 47.4 Å². The maximum atomic E-state index is 13.7. The van der Waals surface area contributed by atoms with Gasteiger partial charge >= 0.3 is 0 Å². The number of hydrogen-bond acceptors (Lipinski definition) is 3. The molecule has 0 radical (unpaired) electrons. The van der Waals surface area contributed by atoms with Crippen molar-refractivity contribution in [2.45, 2.75) is 31.7 Å². The van der Waals surface area contributed by atoms with Gasteiger partial charge in [0.05, 0.1) is 10.9 Å². The Kier molecular flexibility index (Phi) is 4.00. The van der Waals surface area contributed by atoms with Gasteiger partial charge in [0.2, 0.25) is 5.92 Å². The zero-order valence-corrected chi connectivity index (χ0v) is 13.9. The van der Waals surface area contributed by atoms with Gasteiger partial charge in [-0.2, -0.15) is 0 Å². The number of benzene rings is 1. The van der Waals surface area contributed by atoms with Crippen LogP contribution in [0.1, 0.15) is 29.9 Å². The highest BCUT2D eigenvalue weighted by molar-refractivity contribution is 5.79. The minimum atomic E-state index is -2.76. The molecule has 0 bridgehead atoms. The van der Waals surface area contributed by atoms with E-state index in [1.165, 1.54) is 4.57 Å². The number of fused-ring (bicyclic) bond motifs is 2. The van der Waals surface area contributed by atoms with Gasteiger partial charge in [-0.05, 0) is 36.3 Å². The lowest BCUT2D eigenvalue weighted by molar-refractivity contribution is -0.0153. The maximum absolute atomic E-state index is 13.7. The second kappa shape index (κ2) is 6.34. The lowest BCUT2D eigenvalue weighted by atomic mass is 10.1. The van der Waals surface area contributed by atoms with Crippen LogP contribution in [0.5, 0.6) is 0 Å². The Balaban J connectivity index is 1.76. The molecule has 0 N–H and O–H groups in total. The lowest BCUT2D eigenvalue weighted by Crippen LogP contribution is -2.25. The van der Waals surface area contributed by atoms with Crippen molar-refractivity contribution < 1.29 is 8.78 Å². The predicted octanol–water partition coefficient (Wildman–Crippen LogP) is 3.16. The predicted molar refractivity (Wildman–Crippen MR) is 94.1 cm³/mol. The Bertz CT molecular complexity index is 1090. The Hall–Kier alpha value is -3.07. The first-order chi connectivity index (χ1) is 12.5. The molecule has 4 rings (SSSR count). The first kappa shape index (κ1) is 16.4. The molecule has 26 heavy (non-hydrogen) atoms. The highest BCUT2D eigenvalue weighted by Crippen LogP contribution is 2.28. The van der Waals surface area contributed by atoms with Gasteiger partial charge in [-0.3, -0.25) is 9.36 Å². The zero-order valence-electron chi connectivity index (χ0n) is 13.9. The summed E-state index contributed by atoms with van der Waals surface area (Å²) >= 11 is 0. The van der Waals surface area contributed by atoms with Crippen molar-refractivity contribution in [1.82, 2.24) is 14.5 Å². The average Bonchev–Trinajstić information content (AvgIpc) is 2.79. The van der Waals surface area contributed by atoms with Gasteiger partial charge < -0.3 is 0 Å². The van der Waals surface area contributed by atoms with Crippen LogP contribution in [0.3, 0.4) is 0 Å². The van der Waals surface area contributed by atoms with Crippen LogP contribution in [-0.2, 0) is 13.0 Å². The highest BCUT2D eigenvalue weighted by Gasteiger charge is 2.32. The molecule has 130 valence electrons. The average molecular weight is 351 g/mol. The number of hydrogen-bond donors (Lipinski definition) is 0. The van der Waals surface area contributed by atoms with Crippen LogP contribution in [0.25, 0.3) is 10.9 Å². The monoisotopic (exact) mass is 351 g/mol. The second-order valence-electron chi connectivity index (χ2n) is 6.29. The third-order valence-electron chi connectivity index (χ3n) is 4.45. The van der Waals surface area contributed by atoms with Crippen LogP contribution in [0.2, 0.25) is 0 Å². The number of rotatable bonds is 0. The summed E-state index contributed by atoms with van der Waals surface area (Å²) in [4.78, 5) is 21.3. The van der Waals surface area contributed by atoms with Crippen LogP contribution < -0.4 is 5.56 Å². The molecule has 0 saturated heterocycles. The van der Waals surface area contributed by atoms with Crippen LogP contribution >= 0.6 is 0 Å². The van der Waals surface area contributed by atoms with Gasteiger partial charge in [-0.1, -0.05) is 12.0 Å². The largest absolute Gasteiger partial charge is 0.296 e. The van der Waals surface area contributed by atoms with Gasteiger partial charge in [0, 0.05) is 37.6 Å². The van der Waals surface area contributed by atoms with E-state index in [4.69, 9.17) is 0 Å². The van der Waals surface area contributed by atoms with Crippen LogP contribution in [-0.4, -0.2) is 20.5 Å². The number of nitrogens with zero attached hydrogens (tertiary/aromatic N) is 3. The van der Waals surface area contributed by atoms with Gasteiger partial charge in [0.25, 0.3) is 5.56 Å². The van der Waals surface area contributed by atoms with E-state index < -0.39 is 5.92 Å². The fourth-order valence-electron chi connectivity index (χ4n) is 3.03. The normalized spacial score (nSPS) is 15.6. The standard InChI is InChI=1S/C20H15F2N3O/c21-20(22)9-8-18-24-17-13-14(4-6-15-3-1-2-11-23-15)5-7-16(17)19(26)25(18)12-10-20/h1-3,5,7,11,13H,8-10,12H2. The molecular formula is C20H15F2N3O. The molecule has 4 nitrogen and oxygen atoms in total. The summed E-state index contributed by atoms with van der Waals surface area (Å²) in [5.41, 5.74) is 1.55. The van der Waals surface area contributed by atoms with Gasteiger partial charge in [0.1, 0.15) is 11.5 Å². The van der Waals surface area contributed by atoms with Gasteiger partial charge in [-0.25, -0.2) is 18.7 Å². The minimum absolute atomic E-state index is 0.00859. The van der Waals surface area contributed by atoms with E-state index in [1.54, 1.807) is 30.5 Å². The van der Waals surface area contributed by atoms with E-state index in [2.05, 4.69) is 21.8 Å². The maximum Gasteiger partial charge on any atom is 0.261 e. The van der Waals surface area contributed by atoms with E-state index in [9.17, 15) is 13.6 Å². The smallest absolute Gasteiger partial charge is 0.261 e. The van der Waals surface area contributed by atoms with E-state index in [0.717, 1.165) is 0 Å². The quantitative estimate of drug-likeness (QED) is 0.585. The SMILES string of the molecule is O=c1c2ccc(C#Cc3ccccn3)cc2nc2n1CCC(F)(F)CC2. The van der Waals surface area contributed by atoms with E-state index >= 15 is 0 Å². The molecule has 0 fully saturated rings. The molecule has 3 aromatic rings. The number of aryl methyl sites for hydroxylation is 1. The number of aromatic nitrogens is 3. The molecule has 0 unspecified atom stereocenters. The lowest BCUT2D eigenvalue weighted by Gasteiger charge is -2.11. The second-order valence-corrected chi connectivity index (χ2v) is 6.29. The summed E-state index contributed by atoms with van der Waals surface area (Å²) in [7, 11) is 0. The molecule has 0 saturated carbocycles. The van der Waals surface area contributed by atoms with Crippen molar-refractivity contribution in [3.8, 4) is 11.8 Å². The molecule has 0 amide bonds. The molecule has 1 aromatic carbocycles. The van der Waals surface area contributed by atoms with Crippen LogP contribution in [0.4, 0.5) is 8.78 Å². The minimum Gasteiger partial charge on any atom is -0.296 e. The molecular weight excluding hydrogens is 336 g/mol. The Morgan fingerprint density at radius 2 is 2.00 bits per heavy atom. The zero-order chi connectivity index (χ0) is 18.1. The molecule has 0 aliphatic carbocycles. The summed E-state index contributed by atoms with van der Waals surface area (Å²) < 4.78 is 28.7. The summed E-state index contributed by atoms with van der Waals surface area (Å²) in [6, 6.07) is 10.6. The Labute approximate surface area is 148 Å². The third-order valence-corrected chi connectivity index (χ3v) is 4.45. The topological polar surface area (TPSA) is 47.8 Å². The van der Waals surface area contributed by atoms with E-state index in [1.807, 2.05) is 12.1 Å². The molecule has 0 atom stereocenters. The van der Waals surface area contributed by atoms with Crippen molar-refractivity contribution >= 4 is 10.9 Å². The fraction of sp³-hybridized carbons (Fsp3) is 0.250. The molecule has 1 aliphatic heterocycles. The fourth-order valence-corrected chi connectivity index (χ4v) is 3.03. The highest BCUT2D eigenvalue weighted by atomic mass is 19.3. The van der Waals surface area contributed by atoms with Crippen molar-refractivity contribution in [2.75, 3.05) is 0 Å². The van der Waals surface area contributed by atoms with E-state index in [-0.39, 0.29) is 31.4 Å². The number of alkyl halides is 2. The van der Waals surface area contributed by atoms with Crippen molar-refractivity contribution in [2.24, 2.45) is 0 Å². The van der Waals surface area contributed by atoms with Gasteiger partial charge in [-0.15, -0.1) is 0 Å². The summed E-state index contributed by atoms with van der Waals surface area (Å²) in [5, 5.41) is 0.419. The Morgan fingerprint density at radius 3 is 2.81 bits per heavy atom. The van der Waals surface area contributed by atoms with Crippen molar-refractivity contribution in [3.05, 3.63) is 70.0 Å². The van der Waals surface area contributed by atoms with Crippen LogP contribution in [0, 0.1) is 11.8 Å². The van der Waals surface area contributed by atoms with Gasteiger partial charge in [0.15, 0.2) is 0 Å². The summed E-state index contributed by atoms with van der Waals surface area (Å²) in [6.45, 7) is -0.00859. The summed E-state index contributed by atoms with van der Waals surface area (Å²) in [5.74, 6) is 3.60. The summed E-state index contributed by atoms with van der Waals surface area (Å²) in [6.07, 6.45) is 1.13. The third kappa shape index (κ3) is 3.21. The molecule has 3 heterocycles. The number of halogens is 2. The first-order valence-corrected chi connectivity index (χ1v) is 8.36. The first-order valence-electron chi connectivity index (χ1n) is 8.36. The molecule has 1 aliphatic rings.